The summed E-state index contributed by atoms with van der Waals surface area (Å²) >= 11 is 0. The first kappa shape index (κ1) is 22.3. The molecule has 3 N–H and O–H groups in total. The smallest absolute Gasteiger partial charge is 0.407 e. The fraction of sp³-hybridized carbons (Fsp3) is 0.375. The number of rotatable bonds is 8. The lowest BCUT2D eigenvalue weighted by Crippen LogP contribution is -2.45. The average molecular weight is 424 g/mol. The molecule has 0 spiro atoms. The molecule has 0 saturated carbocycles. The summed E-state index contributed by atoms with van der Waals surface area (Å²) in [6, 6.07) is 15.3. The second-order valence-corrected chi connectivity index (χ2v) is 8.46. The van der Waals surface area contributed by atoms with Crippen LogP contribution in [-0.2, 0) is 14.3 Å². The van der Waals surface area contributed by atoms with Gasteiger partial charge in [-0.2, -0.15) is 0 Å². The Kier molecular flexibility index (Phi) is 6.63. The Morgan fingerprint density at radius 1 is 1.03 bits per heavy atom. The molecule has 0 radical (unpaired) electrons. The highest BCUT2D eigenvalue weighted by atomic mass is 16.5. The van der Waals surface area contributed by atoms with E-state index >= 15 is 0 Å². The van der Waals surface area contributed by atoms with Gasteiger partial charge in [0, 0.05) is 17.9 Å². The molecule has 1 atom stereocenters. The zero-order valence-electron chi connectivity index (χ0n) is 18.0. The van der Waals surface area contributed by atoms with E-state index in [1.165, 1.54) is 6.92 Å². The molecule has 2 amide bonds. The molecule has 7 nitrogen and oxygen atoms in total. The third kappa shape index (κ3) is 5.42. The molecule has 7 heteroatoms. The lowest BCUT2D eigenvalue weighted by molar-refractivity contribution is -0.141. The lowest BCUT2D eigenvalue weighted by Gasteiger charge is -2.26. The summed E-state index contributed by atoms with van der Waals surface area (Å²) in [6.07, 6.45) is -0.116. The molecule has 0 aliphatic heterocycles. The van der Waals surface area contributed by atoms with Crippen molar-refractivity contribution >= 4 is 18.0 Å². The topological polar surface area (TPSA) is 105 Å². The van der Waals surface area contributed by atoms with E-state index in [1.807, 2.05) is 24.3 Å². The van der Waals surface area contributed by atoms with Gasteiger partial charge in [-0.1, -0.05) is 48.5 Å². The predicted molar refractivity (Wildman–Crippen MR) is 117 cm³/mol. The van der Waals surface area contributed by atoms with Gasteiger partial charge in [-0.05, 0) is 49.4 Å². The van der Waals surface area contributed by atoms with Crippen molar-refractivity contribution < 1.29 is 24.2 Å². The number of aliphatic carboxylic acids is 1. The number of carbonyl (C=O) groups excluding carboxylic acids is 2. The number of fused-ring (bicyclic) bond motifs is 3. The fourth-order valence-electron chi connectivity index (χ4n) is 3.77. The van der Waals surface area contributed by atoms with Gasteiger partial charge in [0.25, 0.3) is 0 Å². The number of carbonyl (C=O) groups is 3. The first-order chi connectivity index (χ1) is 14.7. The van der Waals surface area contributed by atoms with Gasteiger partial charge in [-0.25, -0.2) is 4.79 Å². The van der Waals surface area contributed by atoms with Crippen LogP contribution in [0.15, 0.2) is 48.5 Å². The molecule has 3 rings (SSSR count). The monoisotopic (exact) mass is 424 g/mol. The summed E-state index contributed by atoms with van der Waals surface area (Å²) < 4.78 is 5.55. The van der Waals surface area contributed by atoms with Crippen molar-refractivity contribution in [3.63, 3.8) is 0 Å². The van der Waals surface area contributed by atoms with Crippen molar-refractivity contribution in [2.45, 2.75) is 51.1 Å². The highest BCUT2D eigenvalue weighted by molar-refractivity contribution is 5.83. The maximum Gasteiger partial charge on any atom is 0.407 e. The Balaban J connectivity index is 1.54. The number of alkyl carbamates (subject to hydrolysis) is 1. The number of hydrogen-bond donors (Lipinski definition) is 3. The van der Waals surface area contributed by atoms with Crippen LogP contribution in [0.25, 0.3) is 11.1 Å². The van der Waals surface area contributed by atoms with E-state index in [0.29, 0.717) is 6.42 Å². The Morgan fingerprint density at radius 3 is 2.13 bits per heavy atom. The van der Waals surface area contributed by atoms with Gasteiger partial charge in [0.1, 0.15) is 12.6 Å². The van der Waals surface area contributed by atoms with Crippen LogP contribution in [0.3, 0.4) is 0 Å². The van der Waals surface area contributed by atoms with Crippen LogP contribution in [-0.4, -0.2) is 41.3 Å². The number of hydrogen-bond acceptors (Lipinski definition) is 4. The Bertz CT molecular complexity index is 940. The Labute approximate surface area is 181 Å². The maximum atomic E-state index is 12.4. The standard InChI is InChI=1S/C24H28N2O5/c1-15(22(28)29)25-21(27)12-13-24(2,3)26-23(30)31-14-20-18-10-6-4-8-16(18)17-9-5-7-11-19(17)20/h4-11,15,20H,12-14H2,1-3H3,(H,25,27)(H,26,30)(H,28,29). The highest BCUT2D eigenvalue weighted by Crippen LogP contribution is 2.44. The van der Waals surface area contributed by atoms with Gasteiger partial charge in [0.2, 0.25) is 5.91 Å². The van der Waals surface area contributed by atoms with Gasteiger partial charge < -0.3 is 20.5 Å². The summed E-state index contributed by atoms with van der Waals surface area (Å²) in [5, 5.41) is 14.1. The predicted octanol–water partition coefficient (Wildman–Crippen LogP) is 3.67. The molecule has 1 aliphatic carbocycles. The van der Waals surface area contributed by atoms with E-state index in [9.17, 15) is 14.4 Å². The van der Waals surface area contributed by atoms with Gasteiger partial charge in [0.15, 0.2) is 0 Å². The van der Waals surface area contributed by atoms with Crippen molar-refractivity contribution in [3.05, 3.63) is 59.7 Å². The van der Waals surface area contributed by atoms with Crippen LogP contribution in [0.5, 0.6) is 0 Å². The Hall–Kier alpha value is -3.35. The zero-order valence-corrected chi connectivity index (χ0v) is 18.0. The van der Waals surface area contributed by atoms with Crippen molar-refractivity contribution in [3.8, 4) is 11.1 Å². The first-order valence-electron chi connectivity index (χ1n) is 10.3. The quantitative estimate of drug-likeness (QED) is 0.600. The summed E-state index contributed by atoms with van der Waals surface area (Å²) in [4.78, 5) is 35.2. The molecule has 1 unspecified atom stereocenters. The summed E-state index contributed by atoms with van der Waals surface area (Å²) in [7, 11) is 0. The number of carboxylic acids is 1. The highest BCUT2D eigenvalue weighted by Gasteiger charge is 2.30. The number of amides is 2. The second kappa shape index (κ2) is 9.20. The number of nitrogens with one attached hydrogen (secondary N) is 2. The van der Waals surface area contributed by atoms with Crippen LogP contribution in [0.4, 0.5) is 4.79 Å². The van der Waals surface area contributed by atoms with E-state index in [1.54, 1.807) is 13.8 Å². The van der Waals surface area contributed by atoms with Crippen LogP contribution >= 0.6 is 0 Å². The van der Waals surface area contributed by atoms with E-state index in [2.05, 4.69) is 34.9 Å². The number of ether oxygens (including phenoxy) is 1. The molecule has 2 aromatic carbocycles. The molecule has 1 aliphatic rings. The zero-order chi connectivity index (χ0) is 22.6. The van der Waals surface area contributed by atoms with Crippen molar-refractivity contribution in [2.75, 3.05) is 6.61 Å². The van der Waals surface area contributed by atoms with Crippen LogP contribution in [0.2, 0.25) is 0 Å². The van der Waals surface area contributed by atoms with E-state index in [4.69, 9.17) is 9.84 Å². The van der Waals surface area contributed by atoms with Crippen molar-refractivity contribution in [1.29, 1.82) is 0 Å². The minimum Gasteiger partial charge on any atom is -0.480 e. The maximum absolute atomic E-state index is 12.4. The van der Waals surface area contributed by atoms with Crippen molar-refractivity contribution in [1.82, 2.24) is 10.6 Å². The van der Waals surface area contributed by atoms with Gasteiger partial charge in [0.05, 0.1) is 0 Å². The summed E-state index contributed by atoms with van der Waals surface area (Å²) in [5.74, 6) is -1.49. The molecule has 164 valence electrons. The van der Waals surface area contributed by atoms with Gasteiger partial charge in [-0.15, -0.1) is 0 Å². The van der Waals surface area contributed by atoms with Gasteiger partial charge >= 0.3 is 12.1 Å². The van der Waals surface area contributed by atoms with E-state index < -0.39 is 23.6 Å². The number of benzene rings is 2. The normalized spacial score (nSPS) is 13.6. The van der Waals surface area contributed by atoms with E-state index in [-0.39, 0.29) is 24.9 Å². The average Bonchev–Trinajstić information content (AvgIpc) is 3.04. The molecule has 2 aromatic rings. The SMILES string of the molecule is CC(NC(=O)CCC(C)(C)NC(=O)OCC1c2ccccc2-c2ccccc21)C(=O)O. The summed E-state index contributed by atoms with van der Waals surface area (Å²) in [6.45, 7) is 5.21. The molecule has 0 fully saturated rings. The molecule has 0 saturated heterocycles. The first-order valence-corrected chi connectivity index (χ1v) is 10.3. The molecule has 0 bridgehead atoms. The van der Waals surface area contributed by atoms with Crippen molar-refractivity contribution in [2.24, 2.45) is 0 Å². The lowest BCUT2D eigenvalue weighted by atomic mass is 9.98. The summed E-state index contributed by atoms with van der Waals surface area (Å²) in [5.41, 5.74) is 3.91. The van der Waals surface area contributed by atoms with Crippen LogP contribution < -0.4 is 10.6 Å². The largest absolute Gasteiger partial charge is 0.480 e. The molecule has 0 heterocycles. The second-order valence-electron chi connectivity index (χ2n) is 8.46. The van der Waals surface area contributed by atoms with Crippen LogP contribution in [0.1, 0.15) is 50.7 Å². The molecular formula is C24H28N2O5. The minimum absolute atomic E-state index is 0.0236. The third-order valence-corrected chi connectivity index (χ3v) is 5.51. The third-order valence-electron chi connectivity index (χ3n) is 5.51. The van der Waals surface area contributed by atoms with Gasteiger partial charge in [-0.3, -0.25) is 9.59 Å². The molecule has 31 heavy (non-hydrogen) atoms. The molecular weight excluding hydrogens is 396 g/mol. The molecule has 0 aromatic heterocycles. The fourth-order valence-corrected chi connectivity index (χ4v) is 3.77. The van der Waals surface area contributed by atoms with E-state index in [0.717, 1.165) is 22.3 Å². The number of carboxylic acid groups (broad SMARTS) is 1. The Morgan fingerprint density at radius 2 is 1.58 bits per heavy atom. The van der Waals surface area contributed by atoms with Crippen LogP contribution in [0, 0.1) is 0 Å². The minimum atomic E-state index is -1.09.